The number of aromatic nitrogens is 1. The van der Waals surface area contributed by atoms with Gasteiger partial charge in [-0.15, -0.1) is 5.10 Å². The van der Waals surface area contributed by atoms with Crippen molar-refractivity contribution in [3.05, 3.63) is 66.0 Å². The number of carbonyl (C=O) groups excluding carboxylic acids is 2. The molecule has 0 radical (unpaired) electrons. The molecule has 2 aromatic rings. The molecule has 0 bridgehead atoms. The van der Waals surface area contributed by atoms with Crippen LogP contribution in [-0.2, 0) is 16.1 Å². The van der Waals surface area contributed by atoms with Gasteiger partial charge in [-0.05, 0) is 24.6 Å². The fraction of sp³-hybridized carbons (Fsp3) is 0.222. The molecule has 0 aliphatic heterocycles. The first kappa shape index (κ1) is 18.9. The molecule has 2 rings (SSSR count). The molecule has 136 valence electrons. The highest BCUT2D eigenvalue weighted by Gasteiger charge is 2.09. The predicted molar refractivity (Wildman–Crippen MR) is 95.4 cm³/mol. The van der Waals surface area contributed by atoms with Crippen molar-refractivity contribution in [1.29, 1.82) is 0 Å². The standard InChI is InChI=1S/C18H20N4O4/c1-2-25-16(21-22-17(23)15-10-6-7-11-19-15)12-20-18(24)26-13-14-8-4-3-5-9-14/h3-11H,2,12-13H2,1H3,(H,20,24)(H,22,23)/b21-16-. The zero-order valence-electron chi connectivity index (χ0n) is 14.3. The molecule has 2 N–H and O–H groups in total. The van der Waals surface area contributed by atoms with Crippen molar-refractivity contribution in [1.82, 2.24) is 15.7 Å². The number of amides is 2. The van der Waals surface area contributed by atoms with E-state index < -0.39 is 12.0 Å². The summed E-state index contributed by atoms with van der Waals surface area (Å²) >= 11 is 0. The molecule has 2 amide bonds. The van der Waals surface area contributed by atoms with Gasteiger partial charge in [0.2, 0.25) is 5.90 Å². The second-order valence-corrected chi connectivity index (χ2v) is 5.01. The molecular formula is C18H20N4O4. The monoisotopic (exact) mass is 356 g/mol. The summed E-state index contributed by atoms with van der Waals surface area (Å²) < 4.78 is 10.4. The van der Waals surface area contributed by atoms with Gasteiger partial charge in [0.15, 0.2) is 0 Å². The number of alkyl carbamates (subject to hydrolysis) is 1. The molecule has 26 heavy (non-hydrogen) atoms. The molecule has 0 fully saturated rings. The number of hydrogen-bond donors (Lipinski definition) is 2. The number of ether oxygens (including phenoxy) is 2. The van der Waals surface area contributed by atoms with Crippen molar-refractivity contribution in [2.45, 2.75) is 13.5 Å². The van der Waals surface area contributed by atoms with E-state index in [1.165, 1.54) is 6.20 Å². The summed E-state index contributed by atoms with van der Waals surface area (Å²) in [7, 11) is 0. The van der Waals surface area contributed by atoms with Crippen LogP contribution in [0.25, 0.3) is 0 Å². The largest absolute Gasteiger partial charge is 0.479 e. The van der Waals surface area contributed by atoms with Crippen LogP contribution in [0.3, 0.4) is 0 Å². The first-order chi connectivity index (χ1) is 12.7. The third kappa shape index (κ3) is 6.60. The zero-order chi connectivity index (χ0) is 18.6. The Kier molecular flexibility index (Phi) is 7.60. The lowest BCUT2D eigenvalue weighted by molar-refractivity contribution is 0.0948. The number of nitrogens with zero attached hydrogens (tertiary/aromatic N) is 2. The van der Waals surface area contributed by atoms with Crippen molar-refractivity contribution in [3.63, 3.8) is 0 Å². The number of rotatable bonds is 7. The van der Waals surface area contributed by atoms with Gasteiger partial charge in [-0.25, -0.2) is 10.2 Å². The summed E-state index contributed by atoms with van der Waals surface area (Å²) in [4.78, 5) is 27.6. The summed E-state index contributed by atoms with van der Waals surface area (Å²) in [6, 6.07) is 14.3. The van der Waals surface area contributed by atoms with Crippen LogP contribution < -0.4 is 10.7 Å². The predicted octanol–water partition coefficient (Wildman–Crippen LogP) is 2.09. The summed E-state index contributed by atoms with van der Waals surface area (Å²) in [6.07, 6.45) is 0.893. The van der Waals surface area contributed by atoms with Crippen molar-refractivity contribution >= 4 is 17.9 Å². The Labute approximate surface area is 151 Å². The molecule has 8 heteroatoms. The minimum Gasteiger partial charge on any atom is -0.479 e. The van der Waals surface area contributed by atoms with Gasteiger partial charge in [-0.3, -0.25) is 9.78 Å². The smallest absolute Gasteiger partial charge is 0.407 e. The van der Waals surface area contributed by atoms with Crippen LogP contribution in [0.15, 0.2) is 59.8 Å². The Morgan fingerprint density at radius 2 is 1.85 bits per heavy atom. The molecule has 0 saturated carbocycles. The summed E-state index contributed by atoms with van der Waals surface area (Å²) in [5, 5.41) is 6.38. The number of hydrazone groups is 1. The number of pyridine rings is 1. The molecule has 8 nitrogen and oxygen atoms in total. The molecule has 0 atom stereocenters. The van der Waals surface area contributed by atoms with E-state index in [0.717, 1.165) is 5.56 Å². The highest BCUT2D eigenvalue weighted by molar-refractivity contribution is 5.93. The van der Waals surface area contributed by atoms with Crippen molar-refractivity contribution in [2.75, 3.05) is 13.2 Å². The second kappa shape index (κ2) is 10.4. The maximum absolute atomic E-state index is 11.9. The van der Waals surface area contributed by atoms with Gasteiger partial charge in [0.25, 0.3) is 5.91 Å². The van der Waals surface area contributed by atoms with E-state index in [9.17, 15) is 9.59 Å². The summed E-state index contributed by atoms with van der Waals surface area (Å²) in [5.74, 6) is -0.331. The molecule has 0 spiro atoms. The van der Waals surface area contributed by atoms with Crippen LogP contribution in [0.5, 0.6) is 0 Å². The molecule has 1 aromatic carbocycles. The van der Waals surface area contributed by atoms with Crippen molar-refractivity contribution in [2.24, 2.45) is 5.10 Å². The number of carbonyl (C=O) groups is 2. The highest BCUT2D eigenvalue weighted by atomic mass is 16.5. The maximum Gasteiger partial charge on any atom is 0.407 e. The third-order valence-corrected chi connectivity index (χ3v) is 3.09. The fourth-order valence-corrected chi connectivity index (χ4v) is 1.88. The quantitative estimate of drug-likeness (QED) is 0.449. The third-order valence-electron chi connectivity index (χ3n) is 3.09. The summed E-state index contributed by atoms with van der Waals surface area (Å²) in [5.41, 5.74) is 3.44. The molecular weight excluding hydrogens is 336 g/mol. The molecule has 0 aliphatic rings. The van der Waals surface area contributed by atoms with Crippen molar-refractivity contribution in [3.8, 4) is 0 Å². The second-order valence-electron chi connectivity index (χ2n) is 5.01. The Balaban J connectivity index is 1.81. The minimum absolute atomic E-state index is 0.0238. The molecule has 0 aliphatic carbocycles. The van der Waals surface area contributed by atoms with Gasteiger partial charge in [0, 0.05) is 6.20 Å². The van der Waals surface area contributed by atoms with Crippen molar-refractivity contribution < 1.29 is 19.1 Å². The molecule has 1 aromatic heterocycles. The van der Waals surface area contributed by atoms with Crippen LogP contribution in [0.2, 0.25) is 0 Å². The molecule has 0 saturated heterocycles. The lowest BCUT2D eigenvalue weighted by Crippen LogP contribution is -2.33. The van der Waals surface area contributed by atoms with E-state index >= 15 is 0 Å². The SMILES string of the molecule is CCO/C(CNC(=O)OCc1ccccc1)=N\NC(=O)c1ccccn1. The fourth-order valence-electron chi connectivity index (χ4n) is 1.88. The Morgan fingerprint density at radius 1 is 1.08 bits per heavy atom. The van der Waals surface area contributed by atoms with Crippen LogP contribution >= 0.6 is 0 Å². The van der Waals surface area contributed by atoms with E-state index in [0.29, 0.717) is 6.61 Å². The van der Waals surface area contributed by atoms with Gasteiger partial charge in [0.1, 0.15) is 12.3 Å². The van der Waals surface area contributed by atoms with E-state index in [2.05, 4.69) is 20.8 Å². The maximum atomic E-state index is 11.9. The summed E-state index contributed by atoms with van der Waals surface area (Å²) in [6.45, 7) is 2.23. The normalized spacial score (nSPS) is 10.7. The number of benzene rings is 1. The van der Waals surface area contributed by atoms with E-state index in [4.69, 9.17) is 9.47 Å². The molecule has 0 unspecified atom stereocenters. The van der Waals surface area contributed by atoms with Crippen LogP contribution in [-0.4, -0.2) is 36.0 Å². The van der Waals surface area contributed by atoms with Crippen LogP contribution in [0.4, 0.5) is 4.79 Å². The Bertz CT molecular complexity index is 735. The van der Waals surface area contributed by atoms with Crippen LogP contribution in [0, 0.1) is 0 Å². The first-order valence-corrected chi connectivity index (χ1v) is 8.04. The van der Waals surface area contributed by atoms with E-state index in [1.54, 1.807) is 25.1 Å². The topological polar surface area (TPSA) is 102 Å². The average molecular weight is 356 g/mol. The van der Waals surface area contributed by atoms with Gasteiger partial charge in [0.05, 0.1) is 13.2 Å². The Morgan fingerprint density at radius 3 is 2.54 bits per heavy atom. The van der Waals surface area contributed by atoms with E-state index in [1.807, 2.05) is 30.3 Å². The lowest BCUT2D eigenvalue weighted by atomic mass is 10.2. The first-order valence-electron chi connectivity index (χ1n) is 8.04. The number of nitrogens with one attached hydrogen (secondary N) is 2. The Hall–Kier alpha value is -3.42. The van der Waals surface area contributed by atoms with Crippen LogP contribution in [0.1, 0.15) is 23.0 Å². The van der Waals surface area contributed by atoms with Gasteiger partial charge in [-0.2, -0.15) is 0 Å². The average Bonchev–Trinajstić information content (AvgIpc) is 2.69. The zero-order valence-corrected chi connectivity index (χ0v) is 14.3. The highest BCUT2D eigenvalue weighted by Crippen LogP contribution is 2.00. The van der Waals surface area contributed by atoms with Gasteiger partial charge < -0.3 is 14.8 Å². The van der Waals surface area contributed by atoms with E-state index in [-0.39, 0.29) is 24.7 Å². The number of hydrogen-bond acceptors (Lipinski definition) is 6. The minimum atomic E-state index is -0.614. The van der Waals surface area contributed by atoms with Gasteiger partial charge >= 0.3 is 6.09 Å². The van der Waals surface area contributed by atoms with Gasteiger partial charge in [-0.1, -0.05) is 36.4 Å². The lowest BCUT2D eigenvalue weighted by Gasteiger charge is -2.10. The molecule has 1 heterocycles.